The Balaban J connectivity index is 1.24. The lowest BCUT2D eigenvalue weighted by Gasteiger charge is -2.33. The monoisotopic (exact) mass is 634 g/mol. The second-order valence-corrected chi connectivity index (χ2v) is 13.5. The average Bonchev–Trinajstić information content (AvgIpc) is 3.40. The molecule has 0 saturated carbocycles. The minimum atomic E-state index is -0.392. The van der Waals surface area contributed by atoms with Gasteiger partial charge in [0.25, 0.3) is 11.8 Å². The fourth-order valence-electron chi connectivity index (χ4n) is 5.83. The van der Waals surface area contributed by atoms with E-state index in [0.29, 0.717) is 69.6 Å². The molecular formula is C35H34N6O4S. The highest BCUT2D eigenvalue weighted by Crippen LogP contribution is 2.46. The molecule has 4 heterocycles. The smallest absolute Gasteiger partial charge is 0.331 e. The molecule has 1 atom stereocenters. The zero-order valence-electron chi connectivity index (χ0n) is 26.1. The van der Waals surface area contributed by atoms with Crippen molar-refractivity contribution in [2.75, 3.05) is 23.3 Å². The van der Waals surface area contributed by atoms with Gasteiger partial charge in [0.05, 0.1) is 22.4 Å². The molecule has 2 aromatic heterocycles. The number of urea groups is 1. The van der Waals surface area contributed by atoms with Crippen molar-refractivity contribution in [1.29, 1.82) is 5.26 Å². The van der Waals surface area contributed by atoms with E-state index in [9.17, 15) is 19.6 Å². The molecule has 2 aromatic carbocycles. The van der Waals surface area contributed by atoms with Crippen LogP contribution < -0.4 is 20.3 Å². The zero-order valence-corrected chi connectivity index (χ0v) is 26.9. The first-order chi connectivity index (χ1) is 22.0. The maximum Gasteiger partial charge on any atom is 0.331 e. The third-order valence-electron chi connectivity index (χ3n) is 7.81. The Labute approximate surface area is 271 Å². The topological polar surface area (TPSA) is 128 Å². The standard InChI is InChI=1S/C35H34N6O4S/c1-21-17-25(45-24-10-6-5-7-11-24)12-13-26(21)41-27-14-15-37-32-28(27)29(39-34(41)44)30(46-32)31(42)38-23-9-8-16-40(20-23)33(43)22(19-36)18-35(2,3)4/h5-7,10-15,17-18,23H,8-9,16,20H2,1-4H3,(H,38,42)(H,39,44)/b22-18+. The third kappa shape index (κ3) is 6.17. The number of para-hydroxylation sites is 1. The quantitative estimate of drug-likeness (QED) is 0.169. The molecule has 1 unspecified atom stereocenters. The van der Waals surface area contributed by atoms with Crippen molar-refractivity contribution in [3.8, 4) is 17.6 Å². The Hall–Kier alpha value is -5.21. The number of nitriles is 1. The SMILES string of the molecule is Cc1cc(Oc2ccccc2)ccc1N1C(=O)Nc2c(C(=O)NC3CCCN(C(=O)/C(C#N)=C/C(C)(C)C)C3)sc3nccc1c23. The van der Waals surface area contributed by atoms with Crippen molar-refractivity contribution in [2.24, 2.45) is 5.41 Å². The van der Waals surface area contributed by atoms with Gasteiger partial charge in [-0.1, -0.05) is 45.0 Å². The Morgan fingerprint density at radius 3 is 2.63 bits per heavy atom. The lowest BCUT2D eigenvalue weighted by Crippen LogP contribution is -2.50. The molecule has 0 bridgehead atoms. The first-order valence-electron chi connectivity index (χ1n) is 15.1. The van der Waals surface area contributed by atoms with Crippen molar-refractivity contribution >= 4 is 56.5 Å². The number of aromatic nitrogens is 1. The van der Waals surface area contributed by atoms with Gasteiger partial charge in [-0.25, -0.2) is 9.78 Å². The molecule has 2 aliphatic heterocycles. The molecule has 0 radical (unpaired) electrons. The predicted molar refractivity (Wildman–Crippen MR) is 179 cm³/mol. The number of thiophene rings is 1. The van der Waals surface area contributed by atoms with Gasteiger partial charge in [0, 0.05) is 25.3 Å². The maximum atomic E-state index is 13.7. The van der Waals surface area contributed by atoms with Crippen molar-refractivity contribution in [3.63, 3.8) is 0 Å². The molecule has 0 spiro atoms. The predicted octanol–water partition coefficient (Wildman–Crippen LogP) is 7.30. The normalized spacial score (nSPS) is 16.5. The first kappa shape index (κ1) is 30.8. The number of rotatable bonds is 6. The largest absolute Gasteiger partial charge is 0.457 e. The lowest BCUT2D eigenvalue weighted by atomic mass is 9.93. The number of hydrogen-bond acceptors (Lipinski definition) is 7. The van der Waals surface area contributed by atoms with Crippen LogP contribution in [0.4, 0.5) is 21.9 Å². The van der Waals surface area contributed by atoms with Gasteiger partial charge in [-0.15, -0.1) is 11.3 Å². The Kier molecular flexibility index (Phi) is 8.23. The van der Waals surface area contributed by atoms with Crippen LogP contribution in [-0.4, -0.2) is 46.9 Å². The van der Waals surface area contributed by atoms with Crippen LogP contribution in [0.3, 0.4) is 0 Å². The number of benzene rings is 2. The summed E-state index contributed by atoms with van der Waals surface area (Å²) in [6.45, 7) is 8.53. The number of nitrogens with one attached hydrogen (secondary N) is 2. The molecule has 1 saturated heterocycles. The number of ether oxygens (including phenoxy) is 1. The maximum absolute atomic E-state index is 13.7. The van der Waals surface area contributed by atoms with E-state index in [2.05, 4.69) is 15.6 Å². The summed E-state index contributed by atoms with van der Waals surface area (Å²) in [6, 6.07) is 18.1. The van der Waals surface area contributed by atoms with Crippen LogP contribution in [-0.2, 0) is 4.79 Å². The van der Waals surface area contributed by atoms with E-state index in [-0.39, 0.29) is 28.8 Å². The third-order valence-corrected chi connectivity index (χ3v) is 8.91. The Morgan fingerprint density at radius 2 is 1.91 bits per heavy atom. The molecule has 46 heavy (non-hydrogen) atoms. The van der Waals surface area contributed by atoms with Crippen LogP contribution in [0.15, 0.2) is 72.4 Å². The molecule has 11 heteroatoms. The second kappa shape index (κ2) is 12.3. The van der Waals surface area contributed by atoms with Crippen LogP contribution in [0.25, 0.3) is 10.2 Å². The highest BCUT2D eigenvalue weighted by Gasteiger charge is 2.35. The second-order valence-electron chi connectivity index (χ2n) is 12.5. The summed E-state index contributed by atoms with van der Waals surface area (Å²) in [7, 11) is 0. The summed E-state index contributed by atoms with van der Waals surface area (Å²) in [5.41, 5.74) is 2.34. The summed E-state index contributed by atoms with van der Waals surface area (Å²) < 4.78 is 5.98. The van der Waals surface area contributed by atoms with Crippen molar-refractivity contribution in [2.45, 2.75) is 46.6 Å². The number of aryl methyl sites for hydroxylation is 1. The number of hydrogen-bond donors (Lipinski definition) is 2. The van der Waals surface area contributed by atoms with Crippen molar-refractivity contribution in [1.82, 2.24) is 15.2 Å². The summed E-state index contributed by atoms with van der Waals surface area (Å²) in [5.74, 6) is 0.689. The number of pyridine rings is 1. The first-order valence-corrected chi connectivity index (χ1v) is 15.9. The van der Waals surface area contributed by atoms with Gasteiger partial charge in [-0.2, -0.15) is 5.26 Å². The van der Waals surface area contributed by atoms with Gasteiger partial charge in [0.2, 0.25) is 0 Å². The number of likely N-dealkylation sites (tertiary alicyclic amines) is 1. The fourth-order valence-corrected chi connectivity index (χ4v) is 6.85. The van der Waals surface area contributed by atoms with Crippen LogP contribution in [0.2, 0.25) is 0 Å². The van der Waals surface area contributed by atoms with E-state index in [1.807, 2.05) is 82.3 Å². The van der Waals surface area contributed by atoms with Crippen molar-refractivity contribution < 1.29 is 19.1 Å². The van der Waals surface area contributed by atoms with Crippen molar-refractivity contribution in [3.05, 3.63) is 82.9 Å². The number of piperidine rings is 1. The molecule has 4 amide bonds. The molecule has 1 fully saturated rings. The Bertz CT molecular complexity index is 1920. The molecule has 10 nitrogen and oxygen atoms in total. The minimum Gasteiger partial charge on any atom is -0.457 e. The van der Waals surface area contributed by atoms with Crippen LogP contribution >= 0.6 is 11.3 Å². The number of allylic oxidation sites excluding steroid dienone is 1. The Morgan fingerprint density at radius 1 is 1.13 bits per heavy atom. The average molecular weight is 635 g/mol. The molecule has 6 rings (SSSR count). The molecule has 0 aliphatic carbocycles. The van der Waals surface area contributed by atoms with E-state index in [1.54, 1.807) is 28.1 Å². The molecule has 4 aromatic rings. The molecule has 234 valence electrons. The van der Waals surface area contributed by atoms with Gasteiger partial charge in [-0.3, -0.25) is 14.5 Å². The number of carbonyl (C=O) groups excluding carboxylic acids is 3. The van der Waals surface area contributed by atoms with Crippen LogP contribution in [0.1, 0.15) is 48.8 Å². The zero-order chi connectivity index (χ0) is 32.6. The van der Waals surface area contributed by atoms with E-state index in [0.717, 1.165) is 5.56 Å². The minimum absolute atomic E-state index is 0.105. The molecule has 2 N–H and O–H groups in total. The molecular weight excluding hydrogens is 600 g/mol. The van der Waals surface area contributed by atoms with E-state index in [4.69, 9.17) is 4.74 Å². The van der Waals surface area contributed by atoms with Crippen LogP contribution in [0.5, 0.6) is 11.5 Å². The summed E-state index contributed by atoms with van der Waals surface area (Å²) in [5, 5.41) is 16.3. The van der Waals surface area contributed by atoms with E-state index in [1.165, 1.54) is 11.3 Å². The van der Waals surface area contributed by atoms with Gasteiger partial charge >= 0.3 is 6.03 Å². The van der Waals surface area contributed by atoms with Gasteiger partial charge in [0.1, 0.15) is 32.8 Å². The number of nitrogens with zero attached hydrogens (tertiary/aromatic N) is 4. The highest BCUT2D eigenvalue weighted by atomic mass is 32.1. The van der Waals surface area contributed by atoms with Gasteiger partial charge in [-0.05, 0) is 67.1 Å². The van der Waals surface area contributed by atoms with Crippen LogP contribution in [0, 0.1) is 23.7 Å². The molecule has 2 aliphatic rings. The highest BCUT2D eigenvalue weighted by molar-refractivity contribution is 7.21. The van der Waals surface area contributed by atoms with E-state index >= 15 is 0 Å². The van der Waals surface area contributed by atoms with E-state index < -0.39 is 6.03 Å². The summed E-state index contributed by atoms with van der Waals surface area (Å²) >= 11 is 1.21. The number of carbonyl (C=O) groups is 3. The van der Waals surface area contributed by atoms with Gasteiger partial charge < -0.3 is 20.3 Å². The number of anilines is 3. The van der Waals surface area contributed by atoms with Gasteiger partial charge in [0.15, 0.2) is 0 Å². The summed E-state index contributed by atoms with van der Waals surface area (Å²) in [4.78, 5) is 49.2. The lowest BCUT2D eigenvalue weighted by molar-refractivity contribution is -0.128. The fraction of sp³-hybridized carbons (Fsp3) is 0.286. The summed E-state index contributed by atoms with van der Waals surface area (Å²) in [6.07, 6.45) is 4.70. The number of amides is 4.